The standard InChI is InChI=1S/C22H22O3/c23-22(24)20-14-18(20)17-11-6-12-21-19(17)13-16(25-21)10-5-4-9-15-7-2-1-3-8-15/h1-3,6-8,11-13,18,20H,4-5,9-10,14H2,(H,23,24)/t18-,20+/m0/s1. The third kappa shape index (κ3) is 3.46. The van der Waals surface area contributed by atoms with Gasteiger partial charge in [0.15, 0.2) is 0 Å². The fourth-order valence-corrected chi connectivity index (χ4v) is 3.67. The van der Waals surface area contributed by atoms with E-state index in [2.05, 4.69) is 30.3 Å². The number of carboxylic acids is 1. The van der Waals surface area contributed by atoms with E-state index in [1.807, 2.05) is 24.3 Å². The molecule has 0 bridgehead atoms. The maximum Gasteiger partial charge on any atom is 0.307 e. The van der Waals surface area contributed by atoms with Gasteiger partial charge in [0.1, 0.15) is 11.3 Å². The van der Waals surface area contributed by atoms with Crippen LogP contribution in [0.25, 0.3) is 11.0 Å². The van der Waals surface area contributed by atoms with Crippen LogP contribution >= 0.6 is 0 Å². The van der Waals surface area contributed by atoms with E-state index in [0.717, 1.165) is 54.4 Å². The summed E-state index contributed by atoms with van der Waals surface area (Å²) in [5.41, 5.74) is 3.39. The molecule has 1 fully saturated rings. The molecule has 0 spiro atoms. The summed E-state index contributed by atoms with van der Waals surface area (Å²) in [5.74, 6) is 0.231. The molecule has 1 N–H and O–H groups in total. The number of benzene rings is 2. The Morgan fingerprint density at radius 2 is 1.84 bits per heavy atom. The second-order valence-electron chi connectivity index (χ2n) is 6.95. The first-order valence-electron chi connectivity index (χ1n) is 9.00. The molecule has 0 amide bonds. The summed E-state index contributed by atoms with van der Waals surface area (Å²) in [6, 6.07) is 18.7. The van der Waals surface area contributed by atoms with Gasteiger partial charge in [-0.2, -0.15) is 0 Å². The van der Waals surface area contributed by atoms with Gasteiger partial charge < -0.3 is 9.52 Å². The zero-order chi connectivity index (χ0) is 17.2. The highest BCUT2D eigenvalue weighted by Crippen LogP contribution is 2.49. The quantitative estimate of drug-likeness (QED) is 0.605. The average molecular weight is 334 g/mol. The summed E-state index contributed by atoms with van der Waals surface area (Å²) in [4.78, 5) is 11.2. The molecule has 3 aromatic rings. The van der Waals surface area contributed by atoms with Gasteiger partial charge in [-0.05, 0) is 54.9 Å². The molecule has 1 heterocycles. The van der Waals surface area contributed by atoms with Crippen LogP contribution < -0.4 is 0 Å². The van der Waals surface area contributed by atoms with Gasteiger partial charge in [0.25, 0.3) is 0 Å². The summed E-state index contributed by atoms with van der Waals surface area (Å²) >= 11 is 0. The van der Waals surface area contributed by atoms with Crippen molar-refractivity contribution in [2.24, 2.45) is 5.92 Å². The molecule has 0 saturated heterocycles. The van der Waals surface area contributed by atoms with E-state index in [4.69, 9.17) is 4.42 Å². The van der Waals surface area contributed by atoms with E-state index in [1.54, 1.807) is 0 Å². The number of furan rings is 1. The van der Waals surface area contributed by atoms with Crippen molar-refractivity contribution in [3.8, 4) is 0 Å². The predicted molar refractivity (Wildman–Crippen MR) is 97.8 cm³/mol. The topological polar surface area (TPSA) is 50.4 Å². The molecular formula is C22H22O3. The Balaban J connectivity index is 1.40. The minimum absolute atomic E-state index is 0.143. The van der Waals surface area contributed by atoms with Crippen molar-refractivity contribution in [2.45, 2.75) is 38.0 Å². The highest BCUT2D eigenvalue weighted by molar-refractivity contribution is 5.85. The van der Waals surface area contributed by atoms with E-state index in [-0.39, 0.29) is 11.8 Å². The molecule has 1 aromatic heterocycles. The number of unbranched alkanes of at least 4 members (excludes halogenated alkanes) is 1. The molecule has 3 nitrogen and oxygen atoms in total. The third-order valence-corrected chi connectivity index (χ3v) is 5.13. The summed E-state index contributed by atoms with van der Waals surface area (Å²) in [7, 11) is 0. The Kier molecular flexibility index (Phi) is 4.31. The molecule has 0 radical (unpaired) electrons. The van der Waals surface area contributed by atoms with Crippen LogP contribution in [0.3, 0.4) is 0 Å². The second kappa shape index (κ2) is 6.75. The number of hydrogen-bond donors (Lipinski definition) is 1. The number of carboxylic acid groups (broad SMARTS) is 1. The molecule has 1 saturated carbocycles. The Hall–Kier alpha value is -2.55. The maximum atomic E-state index is 11.2. The molecule has 3 heteroatoms. The predicted octanol–water partition coefficient (Wildman–Crippen LogP) is 5.19. The second-order valence-corrected chi connectivity index (χ2v) is 6.95. The van der Waals surface area contributed by atoms with Crippen LogP contribution in [-0.2, 0) is 17.6 Å². The lowest BCUT2D eigenvalue weighted by Gasteiger charge is -2.00. The Labute approximate surface area is 147 Å². The largest absolute Gasteiger partial charge is 0.481 e. The molecule has 2 aromatic carbocycles. The molecular weight excluding hydrogens is 312 g/mol. The Morgan fingerprint density at radius 1 is 1.04 bits per heavy atom. The lowest BCUT2D eigenvalue weighted by Crippen LogP contribution is -1.98. The van der Waals surface area contributed by atoms with E-state index in [9.17, 15) is 9.90 Å². The van der Waals surface area contributed by atoms with Crippen molar-refractivity contribution in [1.82, 2.24) is 0 Å². The van der Waals surface area contributed by atoms with Crippen LogP contribution in [0.4, 0.5) is 0 Å². The molecule has 25 heavy (non-hydrogen) atoms. The Morgan fingerprint density at radius 3 is 2.60 bits per heavy atom. The van der Waals surface area contributed by atoms with Gasteiger partial charge in [-0.25, -0.2) is 0 Å². The van der Waals surface area contributed by atoms with Crippen LogP contribution in [-0.4, -0.2) is 11.1 Å². The lowest BCUT2D eigenvalue weighted by molar-refractivity contribution is -0.138. The van der Waals surface area contributed by atoms with Crippen molar-refractivity contribution in [1.29, 1.82) is 0 Å². The minimum Gasteiger partial charge on any atom is -0.481 e. The molecule has 4 rings (SSSR count). The van der Waals surface area contributed by atoms with Gasteiger partial charge in [-0.3, -0.25) is 4.79 Å². The van der Waals surface area contributed by atoms with Gasteiger partial charge in [0, 0.05) is 11.8 Å². The first kappa shape index (κ1) is 15.9. The van der Waals surface area contributed by atoms with Crippen LogP contribution in [0.5, 0.6) is 0 Å². The van der Waals surface area contributed by atoms with E-state index >= 15 is 0 Å². The molecule has 1 aliphatic carbocycles. The number of carbonyl (C=O) groups is 1. The number of hydrogen-bond acceptors (Lipinski definition) is 2. The fraction of sp³-hybridized carbons (Fsp3) is 0.318. The molecule has 0 unspecified atom stereocenters. The van der Waals surface area contributed by atoms with Crippen LogP contribution in [0.1, 0.15) is 42.1 Å². The molecule has 2 atom stereocenters. The monoisotopic (exact) mass is 334 g/mol. The van der Waals surface area contributed by atoms with Gasteiger partial charge in [0.2, 0.25) is 0 Å². The van der Waals surface area contributed by atoms with Crippen LogP contribution in [0, 0.1) is 5.92 Å². The zero-order valence-corrected chi connectivity index (χ0v) is 14.2. The Bertz CT molecular complexity index is 879. The molecule has 0 aliphatic heterocycles. The van der Waals surface area contributed by atoms with Crippen molar-refractivity contribution in [2.75, 3.05) is 0 Å². The van der Waals surface area contributed by atoms with Gasteiger partial charge in [-0.1, -0.05) is 42.5 Å². The van der Waals surface area contributed by atoms with E-state index in [0.29, 0.717) is 0 Å². The fourth-order valence-electron chi connectivity index (χ4n) is 3.67. The first-order valence-corrected chi connectivity index (χ1v) is 9.00. The van der Waals surface area contributed by atoms with Gasteiger partial charge in [-0.15, -0.1) is 0 Å². The summed E-state index contributed by atoms with van der Waals surface area (Å²) < 4.78 is 5.99. The summed E-state index contributed by atoms with van der Waals surface area (Å²) in [6.45, 7) is 0. The van der Waals surface area contributed by atoms with Crippen LogP contribution in [0.2, 0.25) is 0 Å². The number of aliphatic carboxylic acids is 1. The molecule has 1 aliphatic rings. The van der Waals surface area contributed by atoms with Crippen molar-refractivity contribution < 1.29 is 14.3 Å². The van der Waals surface area contributed by atoms with Crippen molar-refractivity contribution in [3.05, 3.63) is 71.5 Å². The van der Waals surface area contributed by atoms with Crippen LogP contribution in [0.15, 0.2) is 59.0 Å². The van der Waals surface area contributed by atoms with Crippen molar-refractivity contribution >= 4 is 16.9 Å². The van der Waals surface area contributed by atoms with Crippen molar-refractivity contribution in [3.63, 3.8) is 0 Å². The highest BCUT2D eigenvalue weighted by Gasteiger charge is 2.45. The smallest absolute Gasteiger partial charge is 0.307 e. The summed E-state index contributed by atoms with van der Waals surface area (Å²) in [5, 5.41) is 10.3. The number of fused-ring (bicyclic) bond motifs is 1. The highest BCUT2D eigenvalue weighted by atomic mass is 16.4. The minimum atomic E-state index is -0.688. The first-order chi connectivity index (χ1) is 12.2. The average Bonchev–Trinajstić information content (AvgIpc) is 3.32. The normalized spacial score (nSPS) is 19.2. The van der Waals surface area contributed by atoms with Gasteiger partial charge >= 0.3 is 5.97 Å². The number of aryl methyl sites for hydroxylation is 2. The lowest BCUT2D eigenvalue weighted by atomic mass is 10.0. The SMILES string of the molecule is O=C(O)[C@@H]1C[C@H]1c1cccc2oc(CCCCc3ccccc3)cc12. The zero-order valence-electron chi connectivity index (χ0n) is 14.2. The van der Waals surface area contributed by atoms with Gasteiger partial charge in [0.05, 0.1) is 5.92 Å². The van der Waals surface area contributed by atoms with E-state index in [1.165, 1.54) is 5.56 Å². The van der Waals surface area contributed by atoms with E-state index < -0.39 is 5.97 Å². The molecule has 128 valence electrons. The number of rotatable bonds is 7. The summed E-state index contributed by atoms with van der Waals surface area (Å²) in [6.07, 6.45) is 4.98. The third-order valence-electron chi connectivity index (χ3n) is 5.13. The maximum absolute atomic E-state index is 11.2.